The van der Waals surface area contributed by atoms with E-state index in [9.17, 15) is 9.90 Å². The quantitative estimate of drug-likeness (QED) is 0.921. The Morgan fingerprint density at radius 1 is 1.40 bits per heavy atom. The van der Waals surface area contributed by atoms with Gasteiger partial charge in [-0.25, -0.2) is 4.98 Å². The first-order chi connectivity index (χ1) is 9.65. The highest BCUT2D eigenvalue weighted by molar-refractivity contribution is 7.11. The predicted molar refractivity (Wildman–Crippen MR) is 79.8 cm³/mol. The van der Waals surface area contributed by atoms with E-state index in [1.165, 1.54) is 11.3 Å². The number of amides is 1. The molecule has 0 radical (unpaired) electrons. The van der Waals surface area contributed by atoms with E-state index >= 15 is 0 Å². The fourth-order valence-corrected chi connectivity index (χ4v) is 2.97. The summed E-state index contributed by atoms with van der Waals surface area (Å²) < 4.78 is 0. The minimum absolute atomic E-state index is 0.0405. The summed E-state index contributed by atoms with van der Waals surface area (Å²) in [4.78, 5) is 19.0. The normalized spacial score (nSPS) is 12.2. The zero-order chi connectivity index (χ0) is 14.5. The molecule has 2 rings (SSSR count). The topological polar surface area (TPSA) is 53.4 Å². The number of aliphatic hydroxyl groups excluding tert-OH is 1. The molecule has 1 unspecified atom stereocenters. The molecular formula is C15H18N2O2S. The number of carbonyl (C=O) groups is 1. The zero-order valence-electron chi connectivity index (χ0n) is 11.6. The molecule has 1 heterocycles. The van der Waals surface area contributed by atoms with Crippen molar-refractivity contribution in [1.29, 1.82) is 0 Å². The van der Waals surface area contributed by atoms with Gasteiger partial charge in [-0.1, -0.05) is 30.3 Å². The molecule has 1 amide bonds. The lowest BCUT2D eigenvalue weighted by Crippen LogP contribution is -2.31. The average Bonchev–Trinajstić information content (AvgIpc) is 2.90. The van der Waals surface area contributed by atoms with Gasteiger partial charge < -0.3 is 10.0 Å². The number of benzene rings is 1. The van der Waals surface area contributed by atoms with Crippen molar-refractivity contribution in [3.63, 3.8) is 0 Å². The number of rotatable bonds is 5. The standard InChI is InChI=1S/C15H18N2O2S/c1-11-14(20-10-16-11)15(19)17(2)13(8-9-18)12-6-4-3-5-7-12/h3-7,10,13,18H,8-9H2,1-2H3. The minimum atomic E-state index is -0.129. The molecule has 0 fully saturated rings. The summed E-state index contributed by atoms with van der Waals surface area (Å²) in [5.41, 5.74) is 3.46. The lowest BCUT2D eigenvalue weighted by atomic mass is 10.0. The second-order valence-electron chi connectivity index (χ2n) is 4.62. The summed E-state index contributed by atoms with van der Waals surface area (Å²) in [6.07, 6.45) is 0.518. The van der Waals surface area contributed by atoms with Crippen LogP contribution in [-0.4, -0.2) is 34.6 Å². The van der Waals surface area contributed by atoms with Crippen molar-refractivity contribution in [3.8, 4) is 0 Å². The van der Waals surface area contributed by atoms with Crippen LogP contribution in [-0.2, 0) is 0 Å². The van der Waals surface area contributed by atoms with Crippen LogP contribution >= 0.6 is 11.3 Å². The van der Waals surface area contributed by atoms with Crippen molar-refractivity contribution in [2.45, 2.75) is 19.4 Å². The van der Waals surface area contributed by atoms with E-state index in [2.05, 4.69) is 4.98 Å². The predicted octanol–water partition coefficient (Wildman–Crippen LogP) is 2.65. The average molecular weight is 290 g/mol. The van der Waals surface area contributed by atoms with Crippen LogP contribution in [0.5, 0.6) is 0 Å². The molecule has 0 spiro atoms. The Bertz CT molecular complexity index is 568. The van der Waals surface area contributed by atoms with Crippen molar-refractivity contribution in [2.75, 3.05) is 13.7 Å². The molecule has 1 atom stereocenters. The van der Waals surface area contributed by atoms with Gasteiger partial charge in [0.2, 0.25) is 0 Å². The molecule has 0 bridgehead atoms. The maximum Gasteiger partial charge on any atom is 0.266 e. The molecule has 1 N–H and O–H groups in total. The van der Waals surface area contributed by atoms with Gasteiger partial charge in [-0.05, 0) is 18.9 Å². The van der Waals surface area contributed by atoms with Gasteiger partial charge in [-0.2, -0.15) is 0 Å². The van der Waals surface area contributed by atoms with Crippen molar-refractivity contribution in [3.05, 3.63) is 52.0 Å². The molecule has 1 aromatic carbocycles. The van der Waals surface area contributed by atoms with Gasteiger partial charge in [-0.3, -0.25) is 4.79 Å². The molecule has 0 saturated heterocycles. The fourth-order valence-electron chi connectivity index (χ4n) is 2.19. The first-order valence-corrected chi connectivity index (χ1v) is 7.36. The van der Waals surface area contributed by atoms with Gasteiger partial charge in [0.05, 0.1) is 17.2 Å². The summed E-state index contributed by atoms with van der Waals surface area (Å²) in [6, 6.07) is 9.64. The first kappa shape index (κ1) is 14.7. The SMILES string of the molecule is Cc1ncsc1C(=O)N(C)C(CCO)c1ccccc1. The van der Waals surface area contributed by atoms with Crippen LogP contribution in [0.3, 0.4) is 0 Å². The second kappa shape index (κ2) is 6.63. The van der Waals surface area contributed by atoms with E-state index in [-0.39, 0.29) is 18.6 Å². The Hall–Kier alpha value is -1.72. The summed E-state index contributed by atoms with van der Waals surface area (Å²) >= 11 is 1.35. The highest BCUT2D eigenvalue weighted by atomic mass is 32.1. The van der Waals surface area contributed by atoms with Crippen molar-refractivity contribution in [1.82, 2.24) is 9.88 Å². The number of carbonyl (C=O) groups excluding carboxylic acids is 1. The van der Waals surface area contributed by atoms with Gasteiger partial charge in [0.25, 0.3) is 5.91 Å². The molecule has 5 heteroatoms. The molecule has 106 valence electrons. The van der Waals surface area contributed by atoms with E-state index < -0.39 is 0 Å². The number of aryl methyl sites for hydroxylation is 1. The Morgan fingerprint density at radius 3 is 2.65 bits per heavy atom. The summed E-state index contributed by atoms with van der Waals surface area (Å²) in [5, 5.41) is 9.27. The van der Waals surface area contributed by atoms with E-state index in [0.717, 1.165) is 11.3 Å². The van der Waals surface area contributed by atoms with E-state index in [1.807, 2.05) is 37.3 Å². The summed E-state index contributed by atoms with van der Waals surface area (Å²) in [5.74, 6) is -0.0488. The minimum Gasteiger partial charge on any atom is -0.396 e. The van der Waals surface area contributed by atoms with Gasteiger partial charge in [0.15, 0.2) is 0 Å². The number of hydrogen-bond donors (Lipinski definition) is 1. The maximum absolute atomic E-state index is 12.5. The van der Waals surface area contributed by atoms with Crippen LogP contribution in [0.4, 0.5) is 0 Å². The number of nitrogens with zero attached hydrogens (tertiary/aromatic N) is 2. The van der Waals surface area contributed by atoms with Crippen LogP contribution in [0.2, 0.25) is 0 Å². The number of aromatic nitrogens is 1. The van der Waals surface area contributed by atoms with Gasteiger partial charge in [0, 0.05) is 13.7 Å². The van der Waals surface area contributed by atoms with Crippen molar-refractivity contribution in [2.24, 2.45) is 0 Å². The monoisotopic (exact) mass is 290 g/mol. The van der Waals surface area contributed by atoms with E-state index in [0.29, 0.717) is 11.3 Å². The largest absolute Gasteiger partial charge is 0.396 e. The van der Waals surface area contributed by atoms with Crippen LogP contribution in [0, 0.1) is 6.92 Å². The van der Waals surface area contributed by atoms with Gasteiger partial charge >= 0.3 is 0 Å². The van der Waals surface area contributed by atoms with Gasteiger partial charge in [0.1, 0.15) is 4.88 Å². The van der Waals surface area contributed by atoms with Crippen molar-refractivity contribution < 1.29 is 9.90 Å². The molecule has 0 aliphatic rings. The molecule has 4 nitrogen and oxygen atoms in total. The second-order valence-corrected chi connectivity index (χ2v) is 5.48. The first-order valence-electron chi connectivity index (χ1n) is 6.48. The molecule has 0 aliphatic heterocycles. The van der Waals surface area contributed by atoms with Crippen LogP contribution < -0.4 is 0 Å². The molecule has 20 heavy (non-hydrogen) atoms. The fraction of sp³-hybridized carbons (Fsp3) is 0.333. The number of thiazole rings is 1. The lowest BCUT2D eigenvalue weighted by molar-refractivity contribution is 0.0709. The van der Waals surface area contributed by atoms with E-state index in [4.69, 9.17) is 0 Å². The van der Waals surface area contributed by atoms with Crippen LogP contribution in [0.25, 0.3) is 0 Å². The molecule has 1 aromatic heterocycles. The highest BCUT2D eigenvalue weighted by Gasteiger charge is 2.24. The Labute approximate surface area is 122 Å². The Morgan fingerprint density at radius 2 is 2.10 bits per heavy atom. The Kier molecular flexibility index (Phi) is 4.87. The third-order valence-corrected chi connectivity index (χ3v) is 4.23. The van der Waals surface area contributed by atoms with Gasteiger partial charge in [-0.15, -0.1) is 11.3 Å². The maximum atomic E-state index is 12.5. The van der Waals surface area contributed by atoms with Crippen LogP contribution in [0.1, 0.15) is 33.4 Å². The van der Waals surface area contributed by atoms with E-state index in [1.54, 1.807) is 17.5 Å². The zero-order valence-corrected chi connectivity index (χ0v) is 12.4. The molecule has 2 aromatic rings. The third kappa shape index (κ3) is 3.05. The lowest BCUT2D eigenvalue weighted by Gasteiger charge is -2.28. The smallest absolute Gasteiger partial charge is 0.266 e. The highest BCUT2D eigenvalue weighted by Crippen LogP contribution is 2.26. The Balaban J connectivity index is 2.26. The number of aliphatic hydroxyl groups is 1. The summed E-state index contributed by atoms with van der Waals surface area (Å²) in [7, 11) is 1.77. The molecule has 0 saturated carbocycles. The van der Waals surface area contributed by atoms with Crippen molar-refractivity contribution >= 4 is 17.2 Å². The third-order valence-electron chi connectivity index (χ3n) is 3.31. The molecular weight excluding hydrogens is 272 g/mol. The summed E-state index contributed by atoms with van der Waals surface area (Å²) in [6.45, 7) is 1.87. The number of hydrogen-bond acceptors (Lipinski definition) is 4. The van der Waals surface area contributed by atoms with Crippen LogP contribution in [0.15, 0.2) is 35.8 Å². The molecule has 0 aliphatic carbocycles.